The van der Waals surface area contributed by atoms with Crippen molar-refractivity contribution in [3.8, 4) is 0 Å². The third-order valence-electron chi connectivity index (χ3n) is 2.44. The first kappa shape index (κ1) is 15.0. The lowest BCUT2D eigenvalue weighted by molar-refractivity contribution is 0.0636. The van der Waals surface area contributed by atoms with Crippen molar-refractivity contribution in [2.24, 2.45) is 0 Å². The number of anilines is 1. The number of rotatable bonds is 4. The summed E-state index contributed by atoms with van der Waals surface area (Å²) >= 11 is 1.71. The van der Waals surface area contributed by atoms with Crippen molar-refractivity contribution in [3.05, 3.63) is 15.8 Å². The normalized spacial score (nSPS) is 11.4. The minimum Gasteiger partial charge on any atom is -0.444 e. The average molecular weight is 269 g/mol. The second-order valence-electron chi connectivity index (χ2n) is 5.28. The fourth-order valence-electron chi connectivity index (χ4n) is 1.76. The first-order chi connectivity index (χ1) is 8.37. The van der Waals surface area contributed by atoms with Crippen LogP contribution >= 0.6 is 11.3 Å². The van der Waals surface area contributed by atoms with E-state index in [1.165, 1.54) is 10.4 Å². The Hall–Kier alpha value is -1.03. The van der Waals surface area contributed by atoms with Gasteiger partial charge in [0, 0.05) is 10.3 Å². The number of thiophene rings is 1. The molecule has 0 aliphatic rings. The van der Waals surface area contributed by atoms with Crippen LogP contribution in [0.25, 0.3) is 0 Å². The number of nitrogens with one attached hydrogen (secondary N) is 1. The Kier molecular flexibility index (Phi) is 5.20. The van der Waals surface area contributed by atoms with Crippen LogP contribution in [0.2, 0.25) is 0 Å². The number of carbonyl (C=O) groups is 1. The SMILES string of the molecule is CCCc1c(NC(=O)OC(C)(C)C)csc1CC. The van der Waals surface area contributed by atoms with Gasteiger partial charge in [-0.05, 0) is 39.2 Å². The predicted octanol–water partition coefficient (Wildman–Crippen LogP) is 4.61. The highest BCUT2D eigenvalue weighted by molar-refractivity contribution is 7.10. The predicted molar refractivity (Wildman–Crippen MR) is 77.5 cm³/mol. The van der Waals surface area contributed by atoms with Crippen LogP contribution in [0.5, 0.6) is 0 Å². The quantitative estimate of drug-likeness (QED) is 0.866. The minimum absolute atomic E-state index is 0.375. The minimum atomic E-state index is -0.460. The van der Waals surface area contributed by atoms with Crippen molar-refractivity contribution in [2.45, 2.75) is 59.5 Å². The van der Waals surface area contributed by atoms with Crippen LogP contribution in [-0.2, 0) is 17.6 Å². The summed E-state index contributed by atoms with van der Waals surface area (Å²) in [4.78, 5) is 13.1. The molecule has 1 aromatic rings. The van der Waals surface area contributed by atoms with Gasteiger partial charge in [-0.25, -0.2) is 4.79 Å². The summed E-state index contributed by atoms with van der Waals surface area (Å²) in [5, 5.41) is 4.86. The van der Waals surface area contributed by atoms with E-state index in [0.717, 1.165) is 24.9 Å². The molecule has 1 N–H and O–H groups in total. The highest BCUT2D eigenvalue weighted by Gasteiger charge is 2.18. The maximum absolute atomic E-state index is 11.8. The fourth-order valence-corrected chi connectivity index (χ4v) is 2.74. The van der Waals surface area contributed by atoms with E-state index < -0.39 is 5.60 Å². The Morgan fingerprint density at radius 1 is 1.39 bits per heavy atom. The summed E-state index contributed by atoms with van der Waals surface area (Å²) in [6.45, 7) is 9.89. The molecule has 0 aliphatic carbocycles. The zero-order valence-corrected chi connectivity index (χ0v) is 12.7. The number of hydrogen-bond acceptors (Lipinski definition) is 3. The van der Waals surface area contributed by atoms with Crippen LogP contribution in [0.4, 0.5) is 10.5 Å². The molecule has 0 atom stereocenters. The van der Waals surface area contributed by atoms with Crippen LogP contribution in [0.1, 0.15) is 51.5 Å². The Balaban J connectivity index is 2.78. The second-order valence-corrected chi connectivity index (χ2v) is 6.25. The molecule has 4 heteroatoms. The van der Waals surface area contributed by atoms with E-state index in [-0.39, 0.29) is 6.09 Å². The Morgan fingerprint density at radius 3 is 2.56 bits per heavy atom. The first-order valence-electron chi connectivity index (χ1n) is 6.46. The number of ether oxygens (including phenoxy) is 1. The molecule has 1 aromatic heterocycles. The number of amides is 1. The van der Waals surface area contributed by atoms with E-state index in [0.29, 0.717) is 0 Å². The van der Waals surface area contributed by atoms with Gasteiger partial charge < -0.3 is 4.74 Å². The van der Waals surface area contributed by atoms with Crippen molar-refractivity contribution in [1.82, 2.24) is 0 Å². The molecule has 0 radical (unpaired) electrons. The average Bonchev–Trinajstić information content (AvgIpc) is 2.59. The lowest BCUT2D eigenvalue weighted by Crippen LogP contribution is -2.27. The van der Waals surface area contributed by atoms with E-state index in [2.05, 4.69) is 19.2 Å². The summed E-state index contributed by atoms with van der Waals surface area (Å²) in [7, 11) is 0. The first-order valence-corrected chi connectivity index (χ1v) is 7.34. The number of carbonyl (C=O) groups excluding carboxylic acids is 1. The number of hydrogen-bond donors (Lipinski definition) is 1. The van der Waals surface area contributed by atoms with Crippen molar-refractivity contribution < 1.29 is 9.53 Å². The van der Waals surface area contributed by atoms with E-state index >= 15 is 0 Å². The molecule has 102 valence electrons. The van der Waals surface area contributed by atoms with E-state index in [1.54, 1.807) is 11.3 Å². The van der Waals surface area contributed by atoms with Crippen LogP contribution < -0.4 is 5.32 Å². The van der Waals surface area contributed by atoms with Crippen molar-refractivity contribution in [1.29, 1.82) is 0 Å². The summed E-state index contributed by atoms with van der Waals surface area (Å²) < 4.78 is 5.27. The zero-order valence-electron chi connectivity index (χ0n) is 11.9. The molecule has 1 rings (SSSR count). The fraction of sp³-hybridized carbons (Fsp3) is 0.643. The third-order valence-corrected chi connectivity index (χ3v) is 3.61. The van der Waals surface area contributed by atoms with Gasteiger partial charge in [0.25, 0.3) is 0 Å². The molecule has 0 unspecified atom stereocenters. The summed E-state index contributed by atoms with van der Waals surface area (Å²) in [5.74, 6) is 0. The molecule has 3 nitrogen and oxygen atoms in total. The molecule has 0 aromatic carbocycles. The van der Waals surface area contributed by atoms with Crippen molar-refractivity contribution >= 4 is 23.1 Å². The zero-order chi connectivity index (χ0) is 13.8. The number of aryl methyl sites for hydroxylation is 1. The third kappa shape index (κ3) is 4.33. The van der Waals surface area contributed by atoms with Crippen molar-refractivity contribution in [2.75, 3.05) is 5.32 Å². The maximum atomic E-state index is 11.8. The van der Waals surface area contributed by atoms with Crippen LogP contribution in [0.3, 0.4) is 0 Å². The largest absolute Gasteiger partial charge is 0.444 e. The lowest BCUT2D eigenvalue weighted by atomic mass is 10.1. The smallest absolute Gasteiger partial charge is 0.412 e. The van der Waals surface area contributed by atoms with Gasteiger partial charge in [-0.15, -0.1) is 11.3 Å². The highest BCUT2D eigenvalue weighted by Crippen LogP contribution is 2.29. The Morgan fingerprint density at radius 2 is 2.06 bits per heavy atom. The molecule has 0 saturated heterocycles. The van der Waals surface area contributed by atoms with Gasteiger partial charge in [0.1, 0.15) is 5.60 Å². The second kappa shape index (κ2) is 6.23. The lowest BCUT2D eigenvalue weighted by Gasteiger charge is -2.19. The molecule has 0 aliphatic heterocycles. The van der Waals surface area contributed by atoms with Crippen LogP contribution in [-0.4, -0.2) is 11.7 Å². The van der Waals surface area contributed by atoms with Gasteiger partial charge in [0.2, 0.25) is 0 Å². The van der Waals surface area contributed by atoms with Gasteiger partial charge in [0.05, 0.1) is 5.69 Å². The molecular weight excluding hydrogens is 246 g/mol. The maximum Gasteiger partial charge on any atom is 0.412 e. The Bertz CT molecular complexity index is 404. The Labute approximate surface area is 114 Å². The molecule has 0 bridgehead atoms. The topological polar surface area (TPSA) is 38.3 Å². The molecule has 0 saturated carbocycles. The van der Waals surface area contributed by atoms with Crippen LogP contribution in [0.15, 0.2) is 5.38 Å². The van der Waals surface area contributed by atoms with E-state index in [9.17, 15) is 4.79 Å². The summed E-state index contributed by atoms with van der Waals surface area (Å²) in [6.07, 6.45) is 2.71. The van der Waals surface area contributed by atoms with Gasteiger partial charge in [-0.1, -0.05) is 20.3 Å². The molecule has 1 heterocycles. The molecule has 0 spiro atoms. The van der Waals surface area contributed by atoms with Gasteiger partial charge in [-0.2, -0.15) is 0 Å². The molecular formula is C14H23NO2S. The summed E-state index contributed by atoms with van der Waals surface area (Å²) in [5.41, 5.74) is 1.71. The monoisotopic (exact) mass is 269 g/mol. The van der Waals surface area contributed by atoms with Gasteiger partial charge in [-0.3, -0.25) is 5.32 Å². The van der Waals surface area contributed by atoms with E-state index in [1.807, 2.05) is 26.2 Å². The van der Waals surface area contributed by atoms with Gasteiger partial charge in [0.15, 0.2) is 0 Å². The summed E-state index contributed by atoms with van der Waals surface area (Å²) in [6, 6.07) is 0. The highest BCUT2D eigenvalue weighted by atomic mass is 32.1. The van der Waals surface area contributed by atoms with Gasteiger partial charge >= 0.3 is 6.09 Å². The standard InChI is InChI=1S/C14H23NO2S/c1-6-8-10-11(9-18-12(10)7-2)15-13(16)17-14(3,4)5/h9H,6-8H2,1-5H3,(H,15,16). The molecule has 1 amide bonds. The van der Waals surface area contributed by atoms with Crippen molar-refractivity contribution in [3.63, 3.8) is 0 Å². The molecule has 0 fully saturated rings. The van der Waals surface area contributed by atoms with Crippen LogP contribution in [0, 0.1) is 0 Å². The molecule has 18 heavy (non-hydrogen) atoms. The van der Waals surface area contributed by atoms with E-state index in [4.69, 9.17) is 4.74 Å².